The van der Waals surface area contributed by atoms with Crippen LogP contribution in [0.1, 0.15) is 87.8 Å². The molecule has 0 saturated heterocycles. The second kappa shape index (κ2) is 6.25. The SMILES string of the molecule is Cc1nnc(C2CCCCCC2N)n1C1CCCCC1. The lowest BCUT2D eigenvalue weighted by molar-refractivity contribution is 0.328. The molecule has 2 aliphatic carbocycles. The van der Waals surface area contributed by atoms with Crippen LogP contribution in [0.4, 0.5) is 0 Å². The van der Waals surface area contributed by atoms with Gasteiger partial charge in [0.05, 0.1) is 0 Å². The van der Waals surface area contributed by atoms with E-state index >= 15 is 0 Å². The minimum atomic E-state index is 0.267. The lowest BCUT2D eigenvalue weighted by Crippen LogP contribution is -2.30. The minimum absolute atomic E-state index is 0.267. The van der Waals surface area contributed by atoms with Gasteiger partial charge in [-0.25, -0.2) is 0 Å². The summed E-state index contributed by atoms with van der Waals surface area (Å²) in [4.78, 5) is 0. The van der Waals surface area contributed by atoms with Gasteiger partial charge in [0.2, 0.25) is 0 Å². The summed E-state index contributed by atoms with van der Waals surface area (Å²) < 4.78 is 2.44. The highest BCUT2D eigenvalue weighted by Gasteiger charge is 2.30. The highest BCUT2D eigenvalue weighted by Crippen LogP contribution is 2.35. The third-order valence-corrected chi connectivity index (χ3v) is 5.23. The summed E-state index contributed by atoms with van der Waals surface area (Å²) in [7, 11) is 0. The Morgan fingerprint density at radius 2 is 1.55 bits per heavy atom. The van der Waals surface area contributed by atoms with Crippen LogP contribution in [0, 0.1) is 6.92 Å². The summed E-state index contributed by atoms with van der Waals surface area (Å²) in [5.41, 5.74) is 6.44. The van der Waals surface area contributed by atoms with Crippen molar-refractivity contribution in [1.29, 1.82) is 0 Å². The van der Waals surface area contributed by atoms with Gasteiger partial charge in [0.25, 0.3) is 0 Å². The van der Waals surface area contributed by atoms with Crippen LogP contribution >= 0.6 is 0 Å². The van der Waals surface area contributed by atoms with Crippen molar-refractivity contribution < 1.29 is 0 Å². The molecule has 1 heterocycles. The summed E-state index contributed by atoms with van der Waals surface area (Å²) in [5, 5.41) is 8.93. The van der Waals surface area contributed by atoms with Crippen LogP contribution in [0.15, 0.2) is 0 Å². The maximum atomic E-state index is 6.44. The van der Waals surface area contributed by atoms with E-state index in [9.17, 15) is 0 Å². The van der Waals surface area contributed by atoms with Gasteiger partial charge in [-0.05, 0) is 32.6 Å². The van der Waals surface area contributed by atoms with Gasteiger partial charge in [0.1, 0.15) is 11.6 Å². The summed E-state index contributed by atoms with van der Waals surface area (Å²) in [6, 6.07) is 0.882. The van der Waals surface area contributed by atoms with Crippen LogP contribution in [-0.2, 0) is 0 Å². The van der Waals surface area contributed by atoms with Crippen LogP contribution in [0.3, 0.4) is 0 Å². The van der Waals surface area contributed by atoms with Crippen LogP contribution in [0.25, 0.3) is 0 Å². The molecule has 0 spiro atoms. The molecule has 0 amide bonds. The first-order chi connectivity index (χ1) is 9.77. The first-order valence-corrected chi connectivity index (χ1v) is 8.44. The molecule has 2 atom stereocenters. The molecule has 4 nitrogen and oxygen atoms in total. The van der Waals surface area contributed by atoms with E-state index in [1.165, 1.54) is 63.6 Å². The fourth-order valence-electron chi connectivity index (χ4n) is 4.09. The van der Waals surface area contributed by atoms with Crippen molar-refractivity contribution in [3.63, 3.8) is 0 Å². The van der Waals surface area contributed by atoms with Gasteiger partial charge in [-0.3, -0.25) is 0 Å². The zero-order valence-electron chi connectivity index (χ0n) is 12.7. The van der Waals surface area contributed by atoms with E-state index in [1.807, 2.05) is 0 Å². The Morgan fingerprint density at radius 3 is 2.30 bits per heavy atom. The highest BCUT2D eigenvalue weighted by molar-refractivity contribution is 5.07. The molecule has 2 unspecified atom stereocenters. The van der Waals surface area contributed by atoms with Gasteiger partial charge in [-0.1, -0.05) is 38.5 Å². The number of hydrogen-bond donors (Lipinski definition) is 1. The molecule has 2 fully saturated rings. The van der Waals surface area contributed by atoms with Crippen LogP contribution in [0.5, 0.6) is 0 Å². The molecule has 0 bridgehead atoms. The average molecular weight is 276 g/mol. The van der Waals surface area contributed by atoms with Gasteiger partial charge in [0, 0.05) is 18.0 Å². The van der Waals surface area contributed by atoms with Gasteiger partial charge >= 0.3 is 0 Å². The highest BCUT2D eigenvalue weighted by atomic mass is 15.3. The number of nitrogens with zero attached hydrogens (tertiary/aromatic N) is 3. The second-order valence-electron chi connectivity index (χ2n) is 6.68. The number of aromatic nitrogens is 3. The van der Waals surface area contributed by atoms with Crippen LogP contribution < -0.4 is 5.73 Å². The molecular formula is C16H28N4. The predicted octanol–water partition coefficient (Wildman–Crippen LogP) is 3.47. The van der Waals surface area contributed by atoms with Crippen molar-refractivity contribution in [3.05, 3.63) is 11.6 Å². The van der Waals surface area contributed by atoms with Crippen LogP contribution in [-0.4, -0.2) is 20.8 Å². The average Bonchev–Trinajstić information content (AvgIpc) is 2.71. The zero-order valence-corrected chi connectivity index (χ0v) is 12.7. The number of nitrogens with two attached hydrogens (primary N) is 1. The standard InChI is InChI=1S/C16H28N4/c1-12-18-19-16(14-10-6-3-7-11-15(14)17)20(12)13-8-4-2-5-9-13/h13-15H,2-11,17H2,1H3. The first-order valence-electron chi connectivity index (χ1n) is 8.44. The van der Waals surface area contributed by atoms with Gasteiger partial charge in [-0.2, -0.15) is 0 Å². The number of aryl methyl sites for hydroxylation is 1. The Morgan fingerprint density at radius 1 is 0.900 bits per heavy atom. The fourth-order valence-corrected chi connectivity index (χ4v) is 4.09. The lowest BCUT2D eigenvalue weighted by Gasteiger charge is -2.28. The molecule has 0 aliphatic heterocycles. The molecule has 2 N–H and O–H groups in total. The Hall–Kier alpha value is -0.900. The van der Waals surface area contributed by atoms with E-state index in [0.717, 1.165) is 12.2 Å². The normalized spacial score (nSPS) is 29.3. The molecule has 0 aromatic carbocycles. The molecule has 3 rings (SSSR count). The van der Waals surface area contributed by atoms with E-state index in [4.69, 9.17) is 5.73 Å². The summed E-state index contributed by atoms with van der Waals surface area (Å²) in [6.45, 7) is 2.10. The van der Waals surface area contributed by atoms with Crippen molar-refractivity contribution in [3.8, 4) is 0 Å². The topological polar surface area (TPSA) is 56.7 Å². The summed E-state index contributed by atoms with van der Waals surface area (Å²) in [6.07, 6.45) is 12.9. The van der Waals surface area contributed by atoms with E-state index in [-0.39, 0.29) is 6.04 Å². The van der Waals surface area contributed by atoms with Crippen molar-refractivity contribution in [1.82, 2.24) is 14.8 Å². The van der Waals surface area contributed by atoms with E-state index in [0.29, 0.717) is 12.0 Å². The van der Waals surface area contributed by atoms with E-state index in [1.54, 1.807) is 0 Å². The second-order valence-corrected chi connectivity index (χ2v) is 6.68. The largest absolute Gasteiger partial charge is 0.327 e. The Bertz CT molecular complexity index is 434. The molecule has 112 valence electrons. The van der Waals surface area contributed by atoms with E-state index in [2.05, 4.69) is 21.7 Å². The third-order valence-electron chi connectivity index (χ3n) is 5.23. The van der Waals surface area contributed by atoms with Gasteiger partial charge in [0.15, 0.2) is 0 Å². The third kappa shape index (κ3) is 2.76. The molecule has 4 heteroatoms. The summed E-state index contributed by atoms with van der Waals surface area (Å²) in [5.74, 6) is 2.69. The molecule has 2 aliphatic rings. The van der Waals surface area contributed by atoms with Crippen LogP contribution in [0.2, 0.25) is 0 Å². The summed E-state index contributed by atoms with van der Waals surface area (Å²) >= 11 is 0. The predicted molar refractivity (Wildman–Crippen MR) is 80.7 cm³/mol. The number of hydrogen-bond acceptors (Lipinski definition) is 3. The molecule has 1 aromatic heterocycles. The Labute approximate surface area is 122 Å². The van der Waals surface area contributed by atoms with Crippen molar-refractivity contribution >= 4 is 0 Å². The minimum Gasteiger partial charge on any atom is -0.327 e. The van der Waals surface area contributed by atoms with Crippen molar-refractivity contribution in [2.75, 3.05) is 0 Å². The zero-order chi connectivity index (χ0) is 13.9. The van der Waals surface area contributed by atoms with Crippen molar-refractivity contribution in [2.24, 2.45) is 5.73 Å². The molecule has 2 saturated carbocycles. The van der Waals surface area contributed by atoms with Crippen molar-refractivity contribution in [2.45, 2.75) is 89.1 Å². The van der Waals surface area contributed by atoms with Gasteiger partial charge in [-0.15, -0.1) is 10.2 Å². The first kappa shape index (κ1) is 14.1. The molecular weight excluding hydrogens is 248 g/mol. The molecule has 1 aromatic rings. The quantitative estimate of drug-likeness (QED) is 0.841. The lowest BCUT2D eigenvalue weighted by atomic mass is 9.91. The van der Waals surface area contributed by atoms with Gasteiger partial charge < -0.3 is 10.3 Å². The van der Waals surface area contributed by atoms with E-state index < -0.39 is 0 Å². The number of rotatable bonds is 2. The Balaban J connectivity index is 1.88. The fraction of sp³-hybridized carbons (Fsp3) is 0.875. The molecule has 0 radical (unpaired) electrons. The Kier molecular flexibility index (Phi) is 4.39. The smallest absolute Gasteiger partial charge is 0.137 e. The maximum absolute atomic E-state index is 6.44. The maximum Gasteiger partial charge on any atom is 0.137 e. The molecule has 20 heavy (non-hydrogen) atoms. The monoisotopic (exact) mass is 276 g/mol.